The van der Waals surface area contributed by atoms with Gasteiger partial charge in [-0.15, -0.1) is 0 Å². The fourth-order valence-corrected chi connectivity index (χ4v) is 4.69. The van der Waals surface area contributed by atoms with E-state index < -0.39 is 41.7 Å². The van der Waals surface area contributed by atoms with Crippen molar-refractivity contribution in [3.63, 3.8) is 0 Å². The van der Waals surface area contributed by atoms with Crippen LogP contribution in [0.25, 0.3) is 11.1 Å². The SMILES string of the molecule is CC(C)S(=O)(=O)NC[C@@](C)(O)c1ccc(-c2ccc([C@](C)(O)CNS(=O)(=O)C(C)C)cc2)cc1. The van der Waals surface area contributed by atoms with Gasteiger partial charge in [0.05, 0.1) is 10.5 Å². The Hall–Kier alpha value is -1.82. The Morgan fingerprint density at radius 3 is 1.15 bits per heavy atom. The van der Waals surface area contributed by atoms with Crippen LogP contribution in [0.15, 0.2) is 48.5 Å². The first-order valence-corrected chi connectivity index (χ1v) is 14.2. The van der Waals surface area contributed by atoms with E-state index in [-0.39, 0.29) is 13.1 Å². The number of nitrogens with one attached hydrogen (secondary N) is 2. The summed E-state index contributed by atoms with van der Waals surface area (Å²) in [7, 11) is -6.98. The highest BCUT2D eigenvalue weighted by Gasteiger charge is 2.28. The van der Waals surface area contributed by atoms with Gasteiger partial charge in [0.25, 0.3) is 0 Å². The van der Waals surface area contributed by atoms with E-state index in [9.17, 15) is 27.0 Å². The predicted octanol–water partition coefficient (Wildman–Crippen LogP) is 2.42. The summed E-state index contributed by atoms with van der Waals surface area (Å²) in [6.07, 6.45) is 0. The molecule has 0 aromatic heterocycles. The van der Waals surface area contributed by atoms with Gasteiger partial charge >= 0.3 is 0 Å². The standard InChI is InChI=1S/C24H36N2O6S2/c1-17(2)33(29,30)25-15-23(5,27)21-11-7-19(8-12-21)20-9-13-22(14-10-20)24(6,28)16-26-34(31,32)18(3)4/h7-14,17-18,25-28H,15-16H2,1-6H3/t23-,24-/m1/s1. The topological polar surface area (TPSA) is 133 Å². The van der Waals surface area contributed by atoms with Crippen LogP contribution in [-0.2, 0) is 31.2 Å². The van der Waals surface area contributed by atoms with Gasteiger partial charge in [0.15, 0.2) is 0 Å². The Labute approximate surface area is 203 Å². The van der Waals surface area contributed by atoms with Crippen LogP contribution in [0.2, 0.25) is 0 Å². The lowest BCUT2D eigenvalue weighted by Gasteiger charge is -2.25. The number of hydrogen-bond donors (Lipinski definition) is 4. The third-order valence-electron chi connectivity index (χ3n) is 5.82. The molecular formula is C24H36N2O6S2. The van der Waals surface area contributed by atoms with Crippen molar-refractivity contribution in [3.8, 4) is 11.1 Å². The molecule has 0 saturated heterocycles. The van der Waals surface area contributed by atoms with Crippen molar-refractivity contribution >= 4 is 20.0 Å². The molecule has 2 atom stereocenters. The van der Waals surface area contributed by atoms with Crippen LogP contribution in [0.4, 0.5) is 0 Å². The lowest BCUT2D eigenvalue weighted by atomic mass is 9.92. The Morgan fingerprint density at radius 2 is 0.912 bits per heavy atom. The van der Waals surface area contributed by atoms with Crippen molar-refractivity contribution in [2.45, 2.75) is 63.2 Å². The van der Waals surface area contributed by atoms with Gasteiger partial charge in [0, 0.05) is 13.1 Å². The average molecular weight is 513 g/mol. The molecule has 0 fully saturated rings. The fourth-order valence-electron chi connectivity index (χ4n) is 3.06. The molecule has 0 aliphatic rings. The smallest absolute Gasteiger partial charge is 0.214 e. The van der Waals surface area contributed by atoms with E-state index in [0.29, 0.717) is 11.1 Å². The third kappa shape index (κ3) is 7.10. The summed E-state index contributed by atoms with van der Waals surface area (Å²) in [4.78, 5) is 0. The first-order chi connectivity index (χ1) is 15.5. The van der Waals surface area contributed by atoms with Crippen molar-refractivity contribution in [1.29, 1.82) is 0 Å². The number of aliphatic hydroxyl groups is 2. The Morgan fingerprint density at radius 1 is 0.647 bits per heavy atom. The van der Waals surface area contributed by atoms with Crippen LogP contribution < -0.4 is 9.44 Å². The van der Waals surface area contributed by atoms with E-state index >= 15 is 0 Å². The van der Waals surface area contributed by atoms with Gasteiger partial charge in [-0.05, 0) is 63.8 Å². The van der Waals surface area contributed by atoms with Crippen LogP contribution in [0.3, 0.4) is 0 Å². The molecule has 2 aromatic rings. The Bertz CT molecular complexity index is 1070. The van der Waals surface area contributed by atoms with Crippen molar-refractivity contribution in [3.05, 3.63) is 59.7 Å². The monoisotopic (exact) mass is 512 g/mol. The second-order valence-corrected chi connectivity index (χ2v) is 14.2. The Balaban J connectivity index is 2.13. The molecule has 2 aromatic carbocycles. The highest BCUT2D eigenvalue weighted by molar-refractivity contribution is 7.90. The van der Waals surface area contributed by atoms with Crippen molar-refractivity contribution in [2.75, 3.05) is 13.1 Å². The molecule has 10 heteroatoms. The lowest BCUT2D eigenvalue weighted by molar-refractivity contribution is 0.0623. The fraction of sp³-hybridized carbons (Fsp3) is 0.500. The predicted molar refractivity (Wildman–Crippen MR) is 135 cm³/mol. The van der Waals surface area contributed by atoms with Crippen molar-refractivity contribution in [2.24, 2.45) is 0 Å². The van der Waals surface area contributed by atoms with Gasteiger partial charge in [-0.1, -0.05) is 48.5 Å². The third-order valence-corrected chi connectivity index (χ3v) is 9.40. The molecule has 0 heterocycles. The molecule has 0 aliphatic heterocycles. The van der Waals surface area contributed by atoms with Gasteiger partial charge in [-0.2, -0.15) is 0 Å². The van der Waals surface area contributed by atoms with Crippen molar-refractivity contribution in [1.82, 2.24) is 9.44 Å². The van der Waals surface area contributed by atoms with Gasteiger partial charge in [0.2, 0.25) is 20.0 Å². The van der Waals surface area contributed by atoms with E-state index in [1.807, 2.05) is 24.3 Å². The zero-order valence-electron chi connectivity index (χ0n) is 20.5. The van der Waals surface area contributed by atoms with Crippen LogP contribution in [-0.4, -0.2) is 50.6 Å². The molecule has 0 amide bonds. The van der Waals surface area contributed by atoms with Gasteiger partial charge in [-0.25, -0.2) is 26.3 Å². The average Bonchev–Trinajstić information content (AvgIpc) is 2.77. The molecule has 0 saturated carbocycles. The number of benzene rings is 2. The summed E-state index contributed by atoms with van der Waals surface area (Å²) >= 11 is 0. The lowest BCUT2D eigenvalue weighted by Crippen LogP contribution is -2.41. The van der Waals surface area contributed by atoms with E-state index in [2.05, 4.69) is 9.44 Å². The first-order valence-electron chi connectivity index (χ1n) is 11.1. The second-order valence-electron chi connectivity index (χ2n) is 9.53. The van der Waals surface area contributed by atoms with Crippen LogP contribution in [0.5, 0.6) is 0 Å². The van der Waals surface area contributed by atoms with Crippen molar-refractivity contribution < 1.29 is 27.0 Å². The molecule has 4 N–H and O–H groups in total. The summed E-state index contributed by atoms with van der Waals surface area (Å²) in [5.41, 5.74) is 0.112. The van der Waals surface area contributed by atoms with E-state index in [0.717, 1.165) is 11.1 Å². The zero-order valence-corrected chi connectivity index (χ0v) is 22.2. The van der Waals surface area contributed by atoms with Gasteiger partial charge < -0.3 is 10.2 Å². The number of sulfonamides is 2. The van der Waals surface area contributed by atoms with Crippen LogP contribution in [0.1, 0.15) is 52.7 Å². The summed E-state index contributed by atoms with van der Waals surface area (Å²) < 4.78 is 52.9. The molecule has 0 aliphatic carbocycles. The molecule has 0 bridgehead atoms. The molecule has 8 nitrogen and oxygen atoms in total. The highest BCUT2D eigenvalue weighted by atomic mass is 32.2. The largest absolute Gasteiger partial charge is 0.384 e. The minimum atomic E-state index is -3.49. The quantitative estimate of drug-likeness (QED) is 0.366. The zero-order chi connectivity index (χ0) is 25.9. The maximum atomic E-state index is 12.0. The molecular weight excluding hydrogens is 476 g/mol. The summed E-state index contributed by atoms with van der Waals surface area (Å²) in [5, 5.41) is 20.3. The van der Waals surface area contributed by atoms with Gasteiger partial charge in [-0.3, -0.25) is 0 Å². The van der Waals surface area contributed by atoms with E-state index in [4.69, 9.17) is 0 Å². The normalized spacial score (nSPS) is 16.4. The summed E-state index contributed by atoms with van der Waals surface area (Å²) in [5.74, 6) is 0. The summed E-state index contributed by atoms with van der Waals surface area (Å²) in [6.45, 7) is 9.10. The maximum Gasteiger partial charge on any atom is 0.214 e. The molecule has 0 spiro atoms. The molecule has 0 unspecified atom stereocenters. The van der Waals surface area contributed by atoms with Crippen LogP contribution >= 0.6 is 0 Å². The molecule has 190 valence electrons. The van der Waals surface area contributed by atoms with E-state index in [1.54, 1.807) is 65.8 Å². The highest BCUT2D eigenvalue weighted by Crippen LogP contribution is 2.28. The van der Waals surface area contributed by atoms with E-state index in [1.165, 1.54) is 0 Å². The number of hydrogen-bond acceptors (Lipinski definition) is 6. The van der Waals surface area contributed by atoms with Crippen LogP contribution in [0, 0.1) is 0 Å². The molecule has 2 rings (SSSR count). The minimum Gasteiger partial charge on any atom is -0.384 e. The molecule has 0 radical (unpaired) electrons. The minimum absolute atomic E-state index is 0.142. The summed E-state index contributed by atoms with van der Waals surface area (Å²) in [6, 6.07) is 14.3. The Kier molecular flexibility index (Phi) is 8.72. The second kappa shape index (κ2) is 10.4. The first kappa shape index (κ1) is 28.4. The number of rotatable bonds is 11. The van der Waals surface area contributed by atoms with Gasteiger partial charge in [0.1, 0.15) is 11.2 Å². The maximum absolute atomic E-state index is 12.0. The molecule has 34 heavy (non-hydrogen) atoms.